The van der Waals surface area contributed by atoms with Crippen molar-refractivity contribution in [1.82, 2.24) is 4.72 Å². The summed E-state index contributed by atoms with van der Waals surface area (Å²) in [6.45, 7) is 5.40. The van der Waals surface area contributed by atoms with Gasteiger partial charge in [-0.2, -0.15) is 0 Å². The predicted molar refractivity (Wildman–Crippen MR) is 98.7 cm³/mol. The number of hydrogen-bond acceptors (Lipinski definition) is 3. The first kappa shape index (κ1) is 18.6. The van der Waals surface area contributed by atoms with Gasteiger partial charge < -0.3 is 5.32 Å². The SMILES string of the molecule is Cc1cc(NC(=O)c2cccc(S(=O)(=O)NC(C)C)c2)ccc1Br. The van der Waals surface area contributed by atoms with Crippen LogP contribution in [0.5, 0.6) is 0 Å². The number of carbonyl (C=O) groups is 1. The van der Waals surface area contributed by atoms with Crippen LogP contribution in [0.4, 0.5) is 5.69 Å². The minimum atomic E-state index is -3.64. The number of aryl methyl sites for hydroxylation is 1. The summed E-state index contributed by atoms with van der Waals surface area (Å²) in [6, 6.07) is 11.2. The van der Waals surface area contributed by atoms with Gasteiger partial charge in [-0.3, -0.25) is 4.79 Å². The van der Waals surface area contributed by atoms with Gasteiger partial charge in [0, 0.05) is 21.8 Å². The lowest BCUT2D eigenvalue weighted by Crippen LogP contribution is -2.30. The summed E-state index contributed by atoms with van der Waals surface area (Å²) >= 11 is 3.41. The Morgan fingerprint density at radius 3 is 2.46 bits per heavy atom. The number of anilines is 1. The summed E-state index contributed by atoms with van der Waals surface area (Å²) in [5.74, 6) is -0.363. The fourth-order valence-corrected chi connectivity index (χ4v) is 3.65. The highest BCUT2D eigenvalue weighted by atomic mass is 79.9. The van der Waals surface area contributed by atoms with E-state index in [0.717, 1.165) is 10.0 Å². The van der Waals surface area contributed by atoms with Crippen LogP contribution in [-0.4, -0.2) is 20.4 Å². The van der Waals surface area contributed by atoms with Gasteiger partial charge in [-0.15, -0.1) is 0 Å². The van der Waals surface area contributed by atoms with E-state index in [-0.39, 0.29) is 22.4 Å². The molecule has 5 nitrogen and oxygen atoms in total. The van der Waals surface area contributed by atoms with Crippen LogP contribution < -0.4 is 10.0 Å². The van der Waals surface area contributed by atoms with Gasteiger partial charge in [0.15, 0.2) is 0 Å². The van der Waals surface area contributed by atoms with Crippen molar-refractivity contribution in [2.24, 2.45) is 0 Å². The van der Waals surface area contributed by atoms with Crippen molar-refractivity contribution in [3.63, 3.8) is 0 Å². The van der Waals surface area contributed by atoms with E-state index >= 15 is 0 Å². The standard InChI is InChI=1S/C17H19BrN2O3S/c1-11(2)20-24(22,23)15-6-4-5-13(10-15)17(21)19-14-7-8-16(18)12(3)9-14/h4-11,20H,1-3H3,(H,19,21). The minimum absolute atomic E-state index is 0.0656. The zero-order chi connectivity index (χ0) is 17.9. The number of amides is 1. The molecule has 0 heterocycles. The zero-order valence-electron chi connectivity index (χ0n) is 13.6. The number of rotatable bonds is 5. The molecular weight excluding hydrogens is 392 g/mol. The molecule has 128 valence electrons. The number of halogens is 1. The van der Waals surface area contributed by atoms with Crippen LogP contribution in [0.15, 0.2) is 51.8 Å². The van der Waals surface area contributed by atoms with Gasteiger partial charge in [0.1, 0.15) is 0 Å². The second-order valence-electron chi connectivity index (χ2n) is 5.72. The van der Waals surface area contributed by atoms with Crippen molar-refractivity contribution < 1.29 is 13.2 Å². The number of nitrogens with one attached hydrogen (secondary N) is 2. The van der Waals surface area contributed by atoms with Gasteiger partial charge in [-0.25, -0.2) is 13.1 Å². The molecular formula is C17H19BrN2O3S. The van der Waals surface area contributed by atoms with Crippen LogP contribution in [0.25, 0.3) is 0 Å². The first-order chi connectivity index (χ1) is 11.2. The summed E-state index contributed by atoms with van der Waals surface area (Å²) in [7, 11) is -3.64. The molecule has 0 aliphatic heterocycles. The van der Waals surface area contributed by atoms with Crippen molar-refractivity contribution in [3.8, 4) is 0 Å². The average molecular weight is 411 g/mol. The van der Waals surface area contributed by atoms with E-state index < -0.39 is 10.0 Å². The summed E-state index contributed by atoms with van der Waals surface area (Å²) < 4.78 is 27.9. The van der Waals surface area contributed by atoms with Crippen LogP contribution in [0.3, 0.4) is 0 Å². The van der Waals surface area contributed by atoms with E-state index in [4.69, 9.17) is 0 Å². The molecule has 1 amide bonds. The molecule has 2 rings (SSSR count). The van der Waals surface area contributed by atoms with Crippen LogP contribution in [0, 0.1) is 6.92 Å². The molecule has 7 heteroatoms. The van der Waals surface area contributed by atoms with E-state index in [1.54, 1.807) is 32.0 Å². The second kappa shape index (κ2) is 7.46. The lowest BCUT2D eigenvalue weighted by atomic mass is 10.2. The summed E-state index contributed by atoms with van der Waals surface area (Å²) in [6.07, 6.45) is 0. The van der Waals surface area contributed by atoms with Crippen LogP contribution >= 0.6 is 15.9 Å². The second-order valence-corrected chi connectivity index (χ2v) is 8.29. The summed E-state index contributed by atoms with van der Waals surface area (Å²) in [5, 5.41) is 2.77. The molecule has 0 saturated heterocycles. The molecule has 0 spiro atoms. The monoisotopic (exact) mass is 410 g/mol. The van der Waals surface area contributed by atoms with Crippen LogP contribution in [0.1, 0.15) is 29.8 Å². The zero-order valence-corrected chi connectivity index (χ0v) is 16.0. The smallest absolute Gasteiger partial charge is 0.255 e. The predicted octanol–water partition coefficient (Wildman–Crippen LogP) is 3.70. The molecule has 0 bridgehead atoms. The van der Waals surface area contributed by atoms with E-state index in [0.29, 0.717) is 5.69 Å². The lowest BCUT2D eigenvalue weighted by Gasteiger charge is -2.11. The molecule has 0 atom stereocenters. The molecule has 0 fully saturated rings. The topological polar surface area (TPSA) is 75.3 Å². The lowest BCUT2D eigenvalue weighted by molar-refractivity contribution is 0.102. The van der Waals surface area contributed by atoms with Gasteiger partial charge in [-0.05, 0) is 62.7 Å². The molecule has 0 saturated carbocycles. The Hall–Kier alpha value is -1.70. The number of hydrogen-bond donors (Lipinski definition) is 2. The molecule has 0 aliphatic rings. The van der Waals surface area contributed by atoms with Crippen molar-refractivity contribution in [2.75, 3.05) is 5.32 Å². The Labute approximate surface area is 150 Å². The highest BCUT2D eigenvalue weighted by Gasteiger charge is 2.17. The fourth-order valence-electron chi connectivity index (χ4n) is 2.11. The maximum Gasteiger partial charge on any atom is 0.255 e. The first-order valence-electron chi connectivity index (χ1n) is 7.39. The van der Waals surface area contributed by atoms with Crippen LogP contribution in [-0.2, 0) is 10.0 Å². The molecule has 2 aromatic carbocycles. The Balaban J connectivity index is 2.24. The maximum atomic E-state index is 12.4. The number of carbonyl (C=O) groups excluding carboxylic acids is 1. The molecule has 0 unspecified atom stereocenters. The fraction of sp³-hybridized carbons (Fsp3) is 0.235. The van der Waals surface area contributed by atoms with Gasteiger partial charge in [0.05, 0.1) is 4.90 Å². The van der Waals surface area contributed by atoms with E-state index in [2.05, 4.69) is 26.0 Å². The molecule has 2 N–H and O–H groups in total. The van der Waals surface area contributed by atoms with Gasteiger partial charge >= 0.3 is 0 Å². The Kier molecular flexibility index (Phi) is 5.79. The summed E-state index contributed by atoms with van der Waals surface area (Å²) in [4.78, 5) is 12.4. The molecule has 0 radical (unpaired) electrons. The molecule has 2 aromatic rings. The highest BCUT2D eigenvalue weighted by molar-refractivity contribution is 9.10. The van der Waals surface area contributed by atoms with Gasteiger partial charge in [0.2, 0.25) is 10.0 Å². The third-order valence-electron chi connectivity index (χ3n) is 3.21. The van der Waals surface area contributed by atoms with Gasteiger partial charge in [-0.1, -0.05) is 22.0 Å². The first-order valence-corrected chi connectivity index (χ1v) is 9.66. The Morgan fingerprint density at radius 1 is 1.12 bits per heavy atom. The maximum absolute atomic E-state index is 12.4. The number of sulfonamides is 1. The summed E-state index contributed by atoms with van der Waals surface area (Å²) in [5.41, 5.74) is 1.92. The third kappa shape index (κ3) is 4.66. The molecule has 0 aliphatic carbocycles. The average Bonchev–Trinajstić information content (AvgIpc) is 2.50. The normalized spacial score (nSPS) is 11.5. The van der Waals surface area contributed by atoms with Crippen molar-refractivity contribution in [2.45, 2.75) is 31.7 Å². The van der Waals surface area contributed by atoms with Crippen molar-refractivity contribution >= 4 is 37.5 Å². The molecule has 24 heavy (non-hydrogen) atoms. The minimum Gasteiger partial charge on any atom is -0.322 e. The Morgan fingerprint density at radius 2 is 1.83 bits per heavy atom. The van der Waals surface area contributed by atoms with Crippen molar-refractivity contribution in [1.29, 1.82) is 0 Å². The van der Waals surface area contributed by atoms with E-state index in [1.165, 1.54) is 12.1 Å². The Bertz CT molecular complexity index is 864. The quantitative estimate of drug-likeness (QED) is 0.788. The largest absolute Gasteiger partial charge is 0.322 e. The molecule has 0 aromatic heterocycles. The van der Waals surface area contributed by atoms with E-state index in [9.17, 15) is 13.2 Å². The van der Waals surface area contributed by atoms with Crippen LogP contribution in [0.2, 0.25) is 0 Å². The van der Waals surface area contributed by atoms with Gasteiger partial charge in [0.25, 0.3) is 5.91 Å². The third-order valence-corrected chi connectivity index (χ3v) is 5.76. The van der Waals surface area contributed by atoms with Crippen molar-refractivity contribution in [3.05, 3.63) is 58.1 Å². The highest BCUT2D eigenvalue weighted by Crippen LogP contribution is 2.21. The number of benzene rings is 2. The van der Waals surface area contributed by atoms with E-state index in [1.807, 2.05) is 19.1 Å².